The number of hydrogen-bond acceptors (Lipinski definition) is 4. The van der Waals surface area contributed by atoms with Gasteiger partial charge < -0.3 is 15.3 Å². The van der Waals surface area contributed by atoms with Crippen molar-refractivity contribution in [1.82, 2.24) is 0 Å². The zero-order chi connectivity index (χ0) is 17.7. The largest absolute Gasteiger partial charge is 0.392 e. The van der Waals surface area contributed by atoms with Crippen molar-refractivity contribution in [2.45, 2.75) is 71.2 Å². The van der Waals surface area contributed by atoms with Gasteiger partial charge in [-0.15, -0.1) is 0 Å². The van der Waals surface area contributed by atoms with E-state index in [4.69, 9.17) is 0 Å². The van der Waals surface area contributed by atoms with Crippen LogP contribution in [0, 0.1) is 34.0 Å². The minimum atomic E-state index is -1.15. The minimum Gasteiger partial charge on any atom is -0.392 e. The van der Waals surface area contributed by atoms with Gasteiger partial charge in [0.2, 0.25) is 0 Å². The van der Waals surface area contributed by atoms with Crippen LogP contribution in [0.1, 0.15) is 52.9 Å². The summed E-state index contributed by atoms with van der Waals surface area (Å²) in [5.74, 6) is -0.703. The molecule has 0 aromatic heterocycles. The van der Waals surface area contributed by atoms with Gasteiger partial charge in [-0.1, -0.05) is 33.8 Å². The molecule has 4 aliphatic rings. The van der Waals surface area contributed by atoms with E-state index < -0.39 is 29.6 Å². The highest BCUT2D eigenvalue weighted by Gasteiger charge is 2.75. The molecule has 4 rings (SSSR count). The Hall–Kier alpha value is -0.710. The van der Waals surface area contributed by atoms with Crippen molar-refractivity contribution in [3.63, 3.8) is 0 Å². The van der Waals surface area contributed by atoms with Crippen molar-refractivity contribution in [2.24, 2.45) is 34.0 Å². The minimum absolute atomic E-state index is 0.0982. The lowest BCUT2D eigenvalue weighted by Crippen LogP contribution is -2.68. The molecular weight excluding hydrogens is 304 g/mol. The Morgan fingerprint density at radius 2 is 1.71 bits per heavy atom. The Balaban J connectivity index is 1.90. The second kappa shape index (κ2) is 4.72. The lowest BCUT2D eigenvalue weighted by molar-refractivity contribution is -0.238. The predicted octanol–water partition coefficient (Wildman–Crippen LogP) is 2.07. The van der Waals surface area contributed by atoms with E-state index in [1.807, 2.05) is 0 Å². The summed E-state index contributed by atoms with van der Waals surface area (Å²) in [4.78, 5) is 13.2. The molecule has 2 bridgehead atoms. The molecule has 0 saturated heterocycles. The molecule has 0 aromatic rings. The first-order valence-corrected chi connectivity index (χ1v) is 9.36. The topological polar surface area (TPSA) is 77.8 Å². The maximum Gasteiger partial charge on any atom is 0.170 e. The molecule has 0 heterocycles. The zero-order valence-electron chi connectivity index (χ0n) is 15.0. The average molecular weight is 334 g/mol. The van der Waals surface area contributed by atoms with Crippen LogP contribution in [0.5, 0.6) is 0 Å². The number of carbonyl (C=O) groups is 1. The maximum absolute atomic E-state index is 13.2. The van der Waals surface area contributed by atoms with Crippen LogP contribution in [0.2, 0.25) is 0 Å². The molecule has 0 aromatic carbocycles. The molecule has 3 N–H and O–H groups in total. The maximum atomic E-state index is 13.2. The molecule has 4 nitrogen and oxygen atoms in total. The summed E-state index contributed by atoms with van der Waals surface area (Å²) in [7, 11) is 0. The van der Waals surface area contributed by atoms with Crippen LogP contribution in [0.25, 0.3) is 0 Å². The van der Waals surface area contributed by atoms with E-state index >= 15 is 0 Å². The number of aliphatic hydroxyl groups excluding tert-OH is 3. The summed E-state index contributed by atoms with van der Waals surface area (Å²) >= 11 is 0. The lowest BCUT2D eigenvalue weighted by Gasteiger charge is -2.65. The summed E-state index contributed by atoms with van der Waals surface area (Å²) in [5, 5.41) is 32.8. The Morgan fingerprint density at radius 1 is 1.04 bits per heavy atom. The first kappa shape index (κ1) is 16.7. The van der Waals surface area contributed by atoms with E-state index in [1.165, 1.54) is 0 Å². The quantitative estimate of drug-likeness (QED) is 0.593. The molecule has 8 atom stereocenters. The van der Waals surface area contributed by atoms with E-state index in [9.17, 15) is 20.1 Å². The lowest BCUT2D eigenvalue weighted by atomic mass is 9.39. The Bertz CT molecular complexity index is 611. The van der Waals surface area contributed by atoms with E-state index in [0.717, 1.165) is 19.3 Å². The summed E-state index contributed by atoms with van der Waals surface area (Å²) < 4.78 is 0. The van der Waals surface area contributed by atoms with E-state index in [-0.39, 0.29) is 22.5 Å². The number of aliphatic hydroxyl groups is 3. The molecule has 4 aliphatic carbocycles. The highest BCUT2D eigenvalue weighted by atomic mass is 16.3. The SMILES string of the molecule is C=C1C(=O)[C@@]23[C@H](O)C[C@H]4C(C)(C)CCC[C@]4(C)[C@H]2C[C@H](O)[C@@H]1[C@H]3O. The fraction of sp³-hybridized carbons (Fsp3) is 0.850. The summed E-state index contributed by atoms with van der Waals surface area (Å²) in [5.41, 5.74) is -0.886. The molecule has 24 heavy (non-hydrogen) atoms. The monoisotopic (exact) mass is 334 g/mol. The second-order valence-corrected chi connectivity index (χ2v) is 9.77. The van der Waals surface area contributed by atoms with E-state index in [0.29, 0.717) is 24.3 Å². The van der Waals surface area contributed by atoms with E-state index in [2.05, 4.69) is 27.4 Å². The first-order chi connectivity index (χ1) is 11.1. The second-order valence-electron chi connectivity index (χ2n) is 9.77. The number of carbonyl (C=O) groups excluding carboxylic acids is 1. The molecule has 0 unspecified atom stereocenters. The van der Waals surface area contributed by atoms with Gasteiger partial charge in [-0.25, -0.2) is 0 Å². The number of Topliss-reactive ketones (excluding diaryl/α,β-unsaturated/α-hetero) is 1. The zero-order valence-corrected chi connectivity index (χ0v) is 15.0. The molecule has 134 valence electrons. The van der Waals surface area contributed by atoms with Crippen molar-refractivity contribution in [3.8, 4) is 0 Å². The average Bonchev–Trinajstić information content (AvgIpc) is 2.61. The van der Waals surface area contributed by atoms with Gasteiger partial charge in [-0.05, 0) is 53.9 Å². The highest BCUT2D eigenvalue weighted by Crippen LogP contribution is 2.70. The van der Waals surface area contributed by atoms with Crippen LogP contribution in [-0.4, -0.2) is 39.4 Å². The van der Waals surface area contributed by atoms with Gasteiger partial charge in [0.1, 0.15) is 0 Å². The fourth-order valence-electron chi connectivity index (χ4n) is 7.43. The van der Waals surface area contributed by atoms with Gasteiger partial charge in [0.25, 0.3) is 0 Å². The van der Waals surface area contributed by atoms with Gasteiger partial charge in [0, 0.05) is 5.92 Å². The van der Waals surface area contributed by atoms with Crippen LogP contribution in [0.4, 0.5) is 0 Å². The first-order valence-electron chi connectivity index (χ1n) is 9.36. The molecule has 4 saturated carbocycles. The van der Waals surface area contributed by atoms with Crippen molar-refractivity contribution in [1.29, 1.82) is 0 Å². The smallest absolute Gasteiger partial charge is 0.170 e. The van der Waals surface area contributed by atoms with Crippen LogP contribution in [-0.2, 0) is 4.79 Å². The van der Waals surface area contributed by atoms with Crippen LogP contribution < -0.4 is 0 Å². The van der Waals surface area contributed by atoms with Crippen molar-refractivity contribution in [2.75, 3.05) is 0 Å². The number of ketones is 1. The van der Waals surface area contributed by atoms with Gasteiger partial charge in [-0.2, -0.15) is 0 Å². The van der Waals surface area contributed by atoms with Crippen LogP contribution in [0.15, 0.2) is 12.2 Å². The molecule has 4 heteroatoms. The van der Waals surface area contributed by atoms with Gasteiger partial charge in [0.05, 0.1) is 23.7 Å². The van der Waals surface area contributed by atoms with Crippen molar-refractivity contribution >= 4 is 5.78 Å². The van der Waals surface area contributed by atoms with Crippen molar-refractivity contribution < 1.29 is 20.1 Å². The summed E-state index contributed by atoms with van der Waals surface area (Å²) in [6.45, 7) is 10.6. The van der Waals surface area contributed by atoms with Crippen LogP contribution in [0.3, 0.4) is 0 Å². The number of fused-ring (bicyclic) bond motifs is 3. The van der Waals surface area contributed by atoms with Crippen LogP contribution >= 0.6 is 0 Å². The summed E-state index contributed by atoms with van der Waals surface area (Å²) in [6.07, 6.45) is 1.63. The molecule has 0 amide bonds. The molecule has 4 fully saturated rings. The Morgan fingerprint density at radius 3 is 2.38 bits per heavy atom. The van der Waals surface area contributed by atoms with Gasteiger partial charge in [-0.3, -0.25) is 4.79 Å². The molecule has 1 spiro atoms. The normalized spacial score (nSPS) is 55.9. The Labute approximate surface area is 144 Å². The van der Waals surface area contributed by atoms with Gasteiger partial charge >= 0.3 is 0 Å². The fourth-order valence-corrected chi connectivity index (χ4v) is 7.43. The standard InChI is InChI=1S/C20H30O4/c1-10-15-11(21)8-13-19(4)7-5-6-18(2,3)12(19)9-14(22)20(13,16(10)23)17(15)24/h11-15,17,21-22,24H,1,5-9H2,2-4H3/t11-,12-,13+,14+,15+,17+,19-,20-/m0/s1. The van der Waals surface area contributed by atoms with Gasteiger partial charge in [0.15, 0.2) is 5.78 Å². The molecular formula is C20H30O4. The molecule has 0 radical (unpaired) electrons. The summed E-state index contributed by atoms with van der Waals surface area (Å²) in [6, 6.07) is 0. The third kappa shape index (κ3) is 1.63. The number of rotatable bonds is 0. The van der Waals surface area contributed by atoms with E-state index in [1.54, 1.807) is 0 Å². The third-order valence-electron chi connectivity index (χ3n) is 8.47. The number of hydrogen-bond donors (Lipinski definition) is 3. The van der Waals surface area contributed by atoms with Crippen molar-refractivity contribution in [3.05, 3.63) is 12.2 Å². The third-order valence-corrected chi connectivity index (χ3v) is 8.47. The predicted molar refractivity (Wildman–Crippen MR) is 90.0 cm³/mol. The Kier molecular flexibility index (Phi) is 3.29. The highest BCUT2D eigenvalue weighted by molar-refractivity contribution is 6.04. The molecule has 0 aliphatic heterocycles.